The summed E-state index contributed by atoms with van der Waals surface area (Å²) in [6.07, 6.45) is 71.4. The highest BCUT2D eigenvalue weighted by Crippen LogP contribution is 2.17. The van der Waals surface area contributed by atoms with E-state index in [1.165, 1.54) is 218 Å². The van der Waals surface area contributed by atoms with Crippen LogP contribution in [0.2, 0.25) is 0 Å². The minimum Gasteiger partial charge on any atom is -0.462 e. The van der Waals surface area contributed by atoms with E-state index in [4.69, 9.17) is 14.2 Å². The summed E-state index contributed by atoms with van der Waals surface area (Å²) in [5.74, 6) is -0.861. The predicted molar refractivity (Wildman–Crippen MR) is 302 cm³/mol. The first-order valence-corrected chi connectivity index (χ1v) is 31.0. The van der Waals surface area contributed by atoms with Gasteiger partial charge >= 0.3 is 17.9 Å². The summed E-state index contributed by atoms with van der Waals surface area (Å²) in [4.78, 5) is 38.2. The topological polar surface area (TPSA) is 78.9 Å². The second-order valence-corrected chi connectivity index (χ2v) is 21.0. The second-order valence-electron chi connectivity index (χ2n) is 21.0. The van der Waals surface area contributed by atoms with Gasteiger partial charge in [0.1, 0.15) is 13.2 Å². The number of esters is 3. The van der Waals surface area contributed by atoms with Gasteiger partial charge in [-0.2, -0.15) is 0 Å². The third-order valence-corrected chi connectivity index (χ3v) is 13.9. The Kier molecular flexibility index (Phi) is 57.2. The highest BCUT2D eigenvalue weighted by molar-refractivity contribution is 5.71. The molecule has 1 atom stereocenters. The number of hydrogen-bond acceptors (Lipinski definition) is 6. The van der Waals surface area contributed by atoms with Crippen LogP contribution in [0.4, 0.5) is 0 Å². The van der Waals surface area contributed by atoms with Gasteiger partial charge in [-0.1, -0.05) is 295 Å². The third kappa shape index (κ3) is 56.5. The number of carbonyl (C=O) groups excluding carboxylic acids is 3. The molecule has 0 rings (SSSR count). The Morgan fingerprint density at radius 1 is 0.286 bits per heavy atom. The summed E-state index contributed by atoms with van der Waals surface area (Å²) in [6.45, 7) is 6.67. The minimum absolute atomic E-state index is 0.0711. The van der Waals surface area contributed by atoms with E-state index in [2.05, 4.69) is 57.2 Å². The number of allylic oxidation sites excluding steroid dienone is 6. The van der Waals surface area contributed by atoms with Crippen LogP contribution in [-0.4, -0.2) is 37.2 Å². The molecule has 6 heteroatoms. The molecule has 0 saturated heterocycles. The minimum atomic E-state index is -0.774. The van der Waals surface area contributed by atoms with Crippen molar-refractivity contribution in [2.45, 2.75) is 341 Å². The van der Waals surface area contributed by atoms with Crippen LogP contribution in [0.3, 0.4) is 0 Å². The van der Waals surface area contributed by atoms with Crippen LogP contribution in [-0.2, 0) is 28.6 Å². The molecule has 0 aromatic carbocycles. The van der Waals surface area contributed by atoms with E-state index < -0.39 is 6.10 Å². The van der Waals surface area contributed by atoms with Gasteiger partial charge < -0.3 is 14.2 Å². The van der Waals surface area contributed by atoms with Crippen molar-refractivity contribution >= 4 is 17.9 Å². The average molecular weight is 984 g/mol. The zero-order valence-electron chi connectivity index (χ0n) is 47.1. The van der Waals surface area contributed by atoms with E-state index in [0.29, 0.717) is 19.3 Å². The van der Waals surface area contributed by atoms with Crippen LogP contribution in [0, 0.1) is 0 Å². The molecule has 0 aliphatic heterocycles. The van der Waals surface area contributed by atoms with Crippen molar-refractivity contribution in [2.24, 2.45) is 0 Å². The number of carbonyl (C=O) groups is 3. The van der Waals surface area contributed by atoms with E-state index in [-0.39, 0.29) is 31.1 Å². The van der Waals surface area contributed by atoms with Crippen LogP contribution >= 0.6 is 0 Å². The molecule has 0 heterocycles. The standard InChI is InChI=1S/C64H118O6/c1-4-7-10-13-16-19-22-25-28-30-31-32-33-35-36-39-42-45-48-51-54-57-63(66)69-60-61(59-68-62(65)56-53-50-47-44-41-38-27-24-21-18-15-12-9-6-3)70-64(67)58-55-52-49-46-43-40-37-34-29-26-23-20-17-14-11-8-5-2/h22,25,30-31,33,35,61H,4-21,23-24,26-29,32,34,36-60H2,1-3H3/b25-22-,31-30-,35-33-. The second kappa shape index (κ2) is 59.2. The van der Waals surface area contributed by atoms with E-state index in [0.717, 1.165) is 77.0 Å². The fourth-order valence-corrected chi connectivity index (χ4v) is 9.22. The van der Waals surface area contributed by atoms with Crippen molar-refractivity contribution in [1.82, 2.24) is 0 Å². The van der Waals surface area contributed by atoms with Gasteiger partial charge in [-0.05, 0) is 57.8 Å². The maximum absolute atomic E-state index is 12.9. The molecule has 0 N–H and O–H groups in total. The molecule has 0 spiro atoms. The van der Waals surface area contributed by atoms with E-state index in [9.17, 15) is 14.4 Å². The number of rotatable bonds is 57. The Morgan fingerprint density at radius 2 is 0.514 bits per heavy atom. The zero-order chi connectivity index (χ0) is 50.7. The van der Waals surface area contributed by atoms with Crippen LogP contribution in [0.1, 0.15) is 335 Å². The van der Waals surface area contributed by atoms with Gasteiger partial charge in [-0.3, -0.25) is 14.4 Å². The molecule has 0 radical (unpaired) electrons. The molecule has 0 aromatic heterocycles. The Labute approximate surface area is 435 Å². The number of hydrogen-bond donors (Lipinski definition) is 0. The van der Waals surface area contributed by atoms with Gasteiger partial charge in [0.15, 0.2) is 6.10 Å². The van der Waals surface area contributed by atoms with Gasteiger partial charge in [0.25, 0.3) is 0 Å². The van der Waals surface area contributed by atoms with Gasteiger partial charge in [-0.25, -0.2) is 0 Å². The van der Waals surface area contributed by atoms with Crippen LogP contribution in [0.15, 0.2) is 36.5 Å². The lowest BCUT2D eigenvalue weighted by Crippen LogP contribution is -2.30. The molecule has 0 aliphatic carbocycles. The molecular formula is C64H118O6. The molecule has 6 nitrogen and oxygen atoms in total. The molecule has 0 aliphatic rings. The van der Waals surface area contributed by atoms with Gasteiger partial charge in [0, 0.05) is 19.3 Å². The summed E-state index contributed by atoms with van der Waals surface area (Å²) in [7, 11) is 0. The highest BCUT2D eigenvalue weighted by atomic mass is 16.6. The van der Waals surface area contributed by atoms with Crippen molar-refractivity contribution in [3.8, 4) is 0 Å². The first-order chi connectivity index (χ1) is 34.5. The largest absolute Gasteiger partial charge is 0.462 e. The SMILES string of the molecule is CCCCCCC/C=C\C/C=C\C/C=C\CCCCCCCCC(=O)OCC(COC(=O)CCCCCCCCCCCCCCCC)OC(=O)CCCCCCCCCCCCCCCCCCC. The maximum atomic E-state index is 12.9. The van der Waals surface area contributed by atoms with Crippen molar-refractivity contribution < 1.29 is 28.6 Å². The van der Waals surface area contributed by atoms with Crippen LogP contribution < -0.4 is 0 Å². The Balaban J connectivity index is 4.34. The summed E-state index contributed by atoms with van der Waals surface area (Å²) >= 11 is 0. The molecule has 410 valence electrons. The molecule has 70 heavy (non-hydrogen) atoms. The molecule has 0 saturated carbocycles. The molecule has 0 bridgehead atoms. The van der Waals surface area contributed by atoms with Gasteiger partial charge in [0.05, 0.1) is 0 Å². The molecule has 0 aromatic rings. The average Bonchev–Trinajstić information content (AvgIpc) is 3.36. The van der Waals surface area contributed by atoms with E-state index >= 15 is 0 Å². The highest BCUT2D eigenvalue weighted by Gasteiger charge is 2.19. The fraction of sp³-hybridized carbons (Fsp3) is 0.859. The van der Waals surface area contributed by atoms with Crippen molar-refractivity contribution in [3.63, 3.8) is 0 Å². The summed E-state index contributed by atoms with van der Waals surface area (Å²) in [5.41, 5.74) is 0. The first kappa shape index (κ1) is 67.6. The van der Waals surface area contributed by atoms with Crippen LogP contribution in [0.5, 0.6) is 0 Å². The van der Waals surface area contributed by atoms with Crippen molar-refractivity contribution in [3.05, 3.63) is 36.5 Å². The van der Waals surface area contributed by atoms with Crippen LogP contribution in [0.25, 0.3) is 0 Å². The van der Waals surface area contributed by atoms with Crippen molar-refractivity contribution in [2.75, 3.05) is 13.2 Å². The molecule has 0 amide bonds. The maximum Gasteiger partial charge on any atom is 0.306 e. The number of unbranched alkanes of at least 4 members (excludes halogenated alkanes) is 40. The molecule has 1 unspecified atom stereocenters. The van der Waals surface area contributed by atoms with Crippen molar-refractivity contribution in [1.29, 1.82) is 0 Å². The first-order valence-electron chi connectivity index (χ1n) is 31.0. The quantitative estimate of drug-likeness (QED) is 0.0261. The van der Waals surface area contributed by atoms with E-state index in [1.54, 1.807) is 0 Å². The summed E-state index contributed by atoms with van der Waals surface area (Å²) in [6, 6.07) is 0. The zero-order valence-corrected chi connectivity index (χ0v) is 47.1. The Morgan fingerprint density at radius 3 is 0.800 bits per heavy atom. The lowest BCUT2D eigenvalue weighted by Gasteiger charge is -2.18. The van der Waals surface area contributed by atoms with Gasteiger partial charge in [-0.15, -0.1) is 0 Å². The number of ether oxygens (including phenoxy) is 3. The normalized spacial score (nSPS) is 12.2. The Hall–Kier alpha value is -2.37. The monoisotopic (exact) mass is 983 g/mol. The fourth-order valence-electron chi connectivity index (χ4n) is 9.22. The smallest absolute Gasteiger partial charge is 0.306 e. The van der Waals surface area contributed by atoms with Gasteiger partial charge in [0.2, 0.25) is 0 Å². The summed E-state index contributed by atoms with van der Waals surface area (Å²) in [5, 5.41) is 0. The van der Waals surface area contributed by atoms with E-state index in [1.807, 2.05) is 0 Å². The Bertz CT molecular complexity index is 1170. The third-order valence-electron chi connectivity index (χ3n) is 13.9. The lowest BCUT2D eigenvalue weighted by molar-refractivity contribution is -0.167. The molecular weight excluding hydrogens is 865 g/mol. The molecule has 0 fully saturated rings. The summed E-state index contributed by atoms with van der Waals surface area (Å²) < 4.78 is 16.9. The predicted octanol–water partition coefficient (Wildman–Crippen LogP) is 20.8. The lowest BCUT2D eigenvalue weighted by atomic mass is 10.0.